The maximum atomic E-state index is 13.6. The van der Waals surface area contributed by atoms with Crippen molar-refractivity contribution in [1.82, 2.24) is 14.1 Å². The van der Waals surface area contributed by atoms with Gasteiger partial charge in [0.1, 0.15) is 4.90 Å². The first-order chi connectivity index (χ1) is 14.1. The van der Waals surface area contributed by atoms with E-state index in [1.807, 2.05) is 31.2 Å². The average molecular weight is 434 g/mol. The van der Waals surface area contributed by atoms with Crippen molar-refractivity contribution < 1.29 is 17.9 Å². The Morgan fingerprint density at radius 1 is 1.23 bits per heavy atom. The number of sulfonamides is 1. The molecule has 0 saturated carbocycles. The quantitative estimate of drug-likeness (QED) is 0.654. The van der Waals surface area contributed by atoms with Gasteiger partial charge in [0.2, 0.25) is 10.0 Å². The third kappa shape index (κ3) is 4.03. The predicted molar refractivity (Wildman–Crippen MR) is 115 cm³/mol. The third-order valence-corrected chi connectivity index (χ3v) is 8.18. The molecule has 30 heavy (non-hydrogen) atoms. The molecule has 1 atom stereocenters. The molecule has 1 aromatic heterocycles. The van der Waals surface area contributed by atoms with Crippen molar-refractivity contribution >= 4 is 16.0 Å². The Bertz CT molecular complexity index is 1040. The zero-order chi connectivity index (χ0) is 22.1. The maximum Gasteiger partial charge on any atom is 0.313 e. The number of rotatable bonds is 6. The fraction of sp³-hybridized carbons (Fsp3) is 0.545. The van der Waals surface area contributed by atoms with E-state index in [2.05, 4.69) is 5.10 Å². The minimum Gasteiger partial charge on any atom is -0.466 e. The van der Waals surface area contributed by atoms with Gasteiger partial charge in [-0.2, -0.15) is 9.40 Å². The van der Waals surface area contributed by atoms with Crippen LogP contribution in [0, 0.1) is 26.2 Å². The number of hydrogen-bond acceptors (Lipinski definition) is 5. The number of aryl methyl sites for hydroxylation is 3. The first-order valence-electron chi connectivity index (χ1n) is 10.3. The lowest BCUT2D eigenvalue weighted by Gasteiger charge is -2.40. The fourth-order valence-corrected chi connectivity index (χ4v) is 6.36. The van der Waals surface area contributed by atoms with Crippen LogP contribution in [0.25, 0.3) is 0 Å². The lowest BCUT2D eigenvalue weighted by molar-refractivity contribution is -0.157. The van der Waals surface area contributed by atoms with Crippen LogP contribution in [0.4, 0.5) is 0 Å². The maximum absolute atomic E-state index is 13.6. The van der Waals surface area contributed by atoms with Crippen LogP contribution in [0.2, 0.25) is 0 Å². The summed E-state index contributed by atoms with van der Waals surface area (Å²) in [6.07, 6.45) is 1.65. The normalized spacial score (nSPS) is 20.3. The molecule has 1 saturated heterocycles. The third-order valence-electron chi connectivity index (χ3n) is 6.08. The number of nitrogens with zero attached hydrogens (tertiary/aromatic N) is 3. The lowest BCUT2D eigenvalue weighted by atomic mass is 9.75. The summed E-state index contributed by atoms with van der Waals surface area (Å²) in [5.41, 5.74) is 2.29. The topological polar surface area (TPSA) is 81.5 Å². The van der Waals surface area contributed by atoms with E-state index in [0.29, 0.717) is 37.2 Å². The van der Waals surface area contributed by atoms with E-state index in [0.717, 1.165) is 11.1 Å². The lowest BCUT2D eigenvalue weighted by Crippen LogP contribution is -2.51. The van der Waals surface area contributed by atoms with Crippen LogP contribution in [0.3, 0.4) is 0 Å². The molecule has 1 aliphatic heterocycles. The molecule has 1 fully saturated rings. The van der Waals surface area contributed by atoms with Crippen LogP contribution < -0.4 is 0 Å². The summed E-state index contributed by atoms with van der Waals surface area (Å²) in [4.78, 5) is 13.4. The zero-order valence-corrected chi connectivity index (χ0v) is 19.3. The van der Waals surface area contributed by atoms with Gasteiger partial charge in [0, 0.05) is 20.1 Å². The van der Waals surface area contributed by atoms with Crippen LogP contribution in [0.1, 0.15) is 42.3 Å². The van der Waals surface area contributed by atoms with Crippen LogP contribution in [0.15, 0.2) is 29.2 Å². The van der Waals surface area contributed by atoms with Gasteiger partial charge in [0.05, 0.1) is 23.4 Å². The molecular weight excluding hydrogens is 402 g/mol. The largest absolute Gasteiger partial charge is 0.466 e. The van der Waals surface area contributed by atoms with Gasteiger partial charge in [-0.15, -0.1) is 0 Å². The fourth-order valence-electron chi connectivity index (χ4n) is 4.39. The monoisotopic (exact) mass is 433 g/mol. The molecule has 0 N–H and O–H groups in total. The van der Waals surface area contributed by atoms with Crippen LogP contribution in [-0.4, -0.2) is 48.2 Å². The SMILES string of the molecule is CCOC(=O)C1(Cc2ccccc2C)CCCN(S(=O)(=O)c2c(C)nn(C)c2C)C1. The Balaban J connectivity index is 2.01. The number of esters is 1. The molecule has 0 spiro atoms. The second kappa shape index (κ2) is 8.51. The molecule has 1 unspecified atom stereocenters. The molecule has 2 heterocycles. The van der Waals surface area contributed by atoms with Gasteiger partial charge >= 0.3 is 5.97 Å². The number of aromatic nitrogens is 2. The number of carbonyl (C=O) groups is 1. The molecule has 0 radical (unpaired) electrons. The summed E-state index contributed by atoms with van der Waals surface area (Å²) in [7, 11) is -2.05. The molecule has 0 aliphatic carbocycles. The van der Waals surface area contributed by atoms with E-state index in [-0.39, 0.29) is 24.0 Å². The molecule has 7 nitrogen and oxygen atoms in total. The first-order valence-corrected chi connectivity index (χ1v) is 11.8. The number of ether oxygens (including phenoxy) is 1. The molecule has 2 aromatic rings. The van der Waals surface area contributed by atoms with Gasteiger partial charge in [-0.25, -0.2) is 8.42 Å². The van der Waals surface area contributed by atoms with Crippen LogP contribution in [-0.2, 0) is 33.0 Å². The number of benzene rings is 1. The highest BCUT2D eigenvalue weighted by Crippen LogP contribution is 2.38. The van der Waals surface area contributed by atoms with Crippen molar-refractivity contribution in [2.24, 2.45) is 12.5 Å². The smallest absolute Gasteiger partial charge is 0.313 e. The summed E-state index contributed by atoms with van der Waals surface area (Å²) >= 11 is 0. The summed E-state index contributed by atoms with van der Waals surface area (Å²) in [6.45, 7) is 7.99. The van der Waals surface area contributed by atoms with E-state index in [4.69, 9.17) is 4.74 Å². The molecule has 0 bridgehead atoms. The molecule has 3 rings (SSSR count). The van der Waals surface area contributed by atoms with Gasteiger partial charge in [-0.3, -0.25) is 9.48 Å². The Labute approximate surface area is 179 Å². The van der Waals surface area contributed by atoms with Crippen molar-refractivity contribution in [2.75, 3.05) is 19.7 Å². The minimum atomic E-state index is -3.78. The zero-order valence-electron chi connectivity index (χ0n) is 18.4. The Hall–Kier alpha value is -2.19. The standard InChI is InChI=1S/C22H31N3O4S/c1-6-29-21(26)22(14-19-11-8-7-10-16(19)2)12-9-13-25(15-22)30(27,28)20-17(3)23-24(5)18(20)4/h7-8,10-11H,6,9,12-15H2,1-5H3. The van der Waals surface area contributed by atoms with Crippen LogP contribution in [0.5, 0.6) is 0 Å². The molecule has 0 amide bonds. The number of carbonyl (C=O) groups excluding carboxylic acids is 1. The van der Waals surface area contributed by atoms with E-state index in [9.17, 15) is 13.2 Å². The van der Waals surface area contributed by atoms with E-state index in [1.54, 1.807) is 32.5 Å². The minimum absolute atomic E-state index is 0.107. The second-order valence-corrected chi connectivity index (χ2v) is 10.0. The summed E-state index contributed by atoms with van der Waals surface area (Å²) in [5.74, 6) is -0.326. The molecular formula is C22H31N3O4S. The van der Waals surface area contributed by atoms with Crippen molar-refractivity contribution in [3.05, 3.63) is 46.8 Å². The highest BCUT2D eigenvalue weighted by atomic mass is 32.2. The van der Waals surface area contributed by atoms with E-state index < -0.39 is 15.4 Å². The van der Waals surface area contributed by atoms with E-state index >= 15 is 0 Å². The van der Waals surface area contributed by atoms with Gasteiger partial charge in [0.15, 0.2) is 0 Å². The van der Waals surface area contributed by atoms with Crippen LogP contribution >= 0.6 is 0 Å². The number of hydrogen-bond donors (Lipinski definition) is 0. The average Bonchev–Trinajstić information content (AvgIpc) is 2.96. The predicted octanol–water partition coefficient (Wildman–Crippen LogP) is 2.92. The number of piperidine rings is 1. The van der Waals surface area contributed by atoms with Gasteiger partial charge < -0.3 is 4.74 Å². The van der Waals surface area contributed by atoms with Gasteiger partial charge in [0.25, 0.3) is 0 Å². The first kappa shape index (κ1) is 22.5. The van der Waals surface area contributed by atoms with Gasteiger partial charge in [-0.1, -0.05) is 24.3 Å². The van der Waals surface area contributed by atoms with Crippen molar-refractivity contribution in [2.45, 2.75) is 51.9 Å². The highest BCUT2D eigenvalue weighted by molar-refractivity contribution is 7.89. The molecule has 164 valence electrons. The van der Waals surface area contributed by atoms with Crippen molar-refractivity contribution in [3.8, 4) is 0 Å². The Morgan fingerprint density at radius 2 is 1.93 bits per heavy atom. The highest BCUT2D eigenvalue weighted by Gasteiger charge is 2.47. The molecule has 8 heteroatoms. The van der Waals surface area contributed by atoms with E-state index in [1.165, 1.54) is 4.31 Å². The van der Waals surface area contributed by atoms with Crippen molar-refractivity contribution in [1.29, 1.82) is 0 Å². The summed E-state index contributed by atoms with van der Waals surface area (Å²) in [5, 5.41) is 4.27. The molecule has 1 aromatic carbocycles. The Morgan fingerprint density at radius 3 is 2.53 bits per heavy atom. The second-order valence-electron chi connectivity index (χ2n) is 8.17. The summed E-state index contributed by atoms with van der Waals surface area (Å²) < 4.78 is 35.6. The Kier molecular flexibility index (Phi) is 6.38. The van der Waals surface area contributed by atoms with Gasteiger partial charge in [-0.05, 0) is 58.1 Å². The molecule has 1 aliphatic rings. The summed E-state index contributed by atoms with van der Waals surface area (Å²) in [6, 6.07) is 7.91. The van der Waals surface area contributed by atoms with Crippen molar-refractivity contribution in [3.63, 3.8) is 0 Å².